The molecule has 0 saturated carbocycles. The van der Waals surface area contributed by atoms with Crippen LogP contribution in [0.25, 0.3) is 11.0 Å². The topological polar surface area (TPSA) is 85.8 Å². The highest BCUT2D eigenvalue weighted by Crippen LogP contribution is 2.34. The predicted octanol–water partition coefficient (Wildman–Crippen LogP) is 3.63. The van der Waals surface area contributed by atoms with Crippen LogP contribution in [0.5, 0.6) is 5.75 Å². The standard InChI is InChI=1S/C23H24N2O5/c1-13-11-20(30-24-13)18-7-4-10-25(18)21(26)12-28-19-9-8-16-15-5-3-6-17(15)23(27)29-22(16)14(19)2/h8-9,11,18H,3-7,10,12H2,1-2H3. The van der Waals surface area contributed by atoms with Gasteiger partial charge in [-0.3, -0.25) is 4.79 Å². The summed E-state index contributed by atoms with van der Waals surface area (Å²) in [5.41, 5.74) is 3.74. The second-order valence-electron chi connectivity index (χ2n) is 8.17. The summed E-state index contributed by atoms with van der Waals surface area (Å²) >= 11 is 0. The minimum absolute atomic E-state index is 0.0782. The molecule has 0 spiro atoms. The van der Waals surface area contributed by atoms with Crippen LogP contribution in [0.1, 0.15) is 53.4 Å². The minimum atomic E-state index is -0.256. The number of ether oxygens (including phenoxy) is 1. The monoisotopic (exact) mass is 408 g/mol. The van der Waals surface area contributed by atoms with Crippen molar-refractivity contribution in [3.63, 3.8) is 0 Å². The molecule has 0 radical (unpaired) electrons. The third-order valence-corrected chi connectivity index (χ3v) is 6.24. The van der Waals surface area contributed by atoms with Crippen LogP contribution < -0.4 is 10.4 Å². The Balaban J connectivity index is 1.36. The summed E-state index contributed by atoms with van der Waals surface area (Å²) < 4.78 is 16.9. The average Bonchev–Trinajstić information content (AvgIpc) is 3.48. The molecule has 30 heavy (non-hydrogen) atoms. The first-order valence-electron chi connectivity index (χ1n) is 10.5. The van der Waals surface area contributed by atoms with Gasteiger partial charge in [0.15, 0.2) is 12.4 Å². The summed E-state index contributed by atoms with van der Waals surface area (Å²) in [6, 6.07) is 5.58. The molecule has 3 aromatic rings. The van der Waals surface area contributed by atoms with Crippen molar-refractivity contribution in [2.45, 2.75) is 52.0 Å². The van der Waals surface area contributed by atoms with Gasteiger partial charge in [0.25, 0.3) is 5.91 Å². The maximum atomic E-state index is 12.9. The molecule has 0 N–H and O–H groups in total. The smallest absolute Gasteiger partial charge is 0.339 e. The van der Waals surface area contributed by atoms with Gasteiger partial charge in [-0.15, -0.1) is 0 Å². The van der Waals surface area contributed by atoms with Gasteiger partial charge in [-0.25, -0.2) is 4.79 Å². The van der Waals surface area contributed by atoms with Crippen molar-refractivity contribution in [3.05, 3.63) is 56.8 Å². The van der Waals surface area contributed by atoms with E-state index in [9.17, 15) is 9.59 Å². The molecule has 7 nitrogen and oxygen atoms in total. The summed E-state index contributed by atoms with van der Waals surface area (Å²) in [4.78, 5) is 27.0. The maximum absolute atomic E-state index is 12.9. The van der Waals surface area contributed by atoms with E-state index in [2.05, 4.69) is 5.16 Å². The summed E-state index contributed by atoms with van der Waals surface area (Å²) in [5, 5.41) is 4.91. The third kappa shape index (κ3) is 3.09. The fourth-order valence-electron chi connectivity index (χ4n) is 4.74. The summed E-state index contributed by atoms with van der Waals surface area (Å²) in [6.07, 6.45) is 4.42. The SMILES string of the molecule is Cc1cc(C2CCCN2C(=O)COc2ccc3c4c(c(=O)oc3c2C)CCC4)on1. The summed E-state index contributed by atoms with van der Waals surface area (Å²) in [5.74, 6) is 1.18. The fraction of sp³-hybridized carbons (Fsp3) is 0.435. The second-order valence-corrected chi connectivity index (χ2v) is 8.17. The molecule has 1 amide bonds. The van der Waals surface area contributed by atoms with Crippen molar-refractivity contribution in [1.82, 2.24) is 10.1 Å². The molecule has 2 aliphatic rings. The van der Waals surface area contributed by atoms with E-state index in [-0.39, 0.29) is 24.2 Å². The lowest BCUT2D eigenvalue weighted by molar-refractivity contribution is -0.134. The van der Waals surface area contributed by atoms with Crippen LogP contribution in [0.15, 0.2) is 31.9 Å². The highest BCUT2D eigenvalue weighted by atomic mass is 16.5. The number of amides is 1. The van der Waals surface area contributed by atoms with E-state index in [1.807, 2.05) is 32.0 Å². The van der Waals surface area contributed by atoms with Crippen LogP contribution in [0.4, 0.5) is 0 Å². The van der Waals surface area contributed by atoms with E-state index in [0.29, 0.717) is 17.9 Å². The normalized spacial score (nSPS) is 18.2. The number of rotatable bonds is 4. The molecule has 5 rings (SSSR count). The van der Waals surface area contributed by atoms with E-state index < -0.39 is 0 Å². The van der Waals surface area contributed by atoms with Crippen molar-refractivity contribution in [2.75, 3.05) is 13.2 Å². The van der Waals surface area contributed by atoms with Gasteiger partial charge in [-0.1, -0.05) is 5.16 Å². The Kier molecular flexibility index (Phi) is 4.60. The first-order chi connectivity index (χ1) is 14.5. The molecule has 1 atom stereocenters. The molecule has 1 aliphatic heterocycles. The quantitative estimate of drug-likeness (QED) is 0.613. The zero-order valence-corrected chi connectivity index (χ0v) is 17.2. The first-order valence-corrected chi connectivity index (χ1v) is 10.5. The maximum Gasteiger partial charge on any atom is 0.339 e. The minimum Gasteiger partial charge on any atom is -0.483 e. The predicted molar refractivity (Wildman–Crippen MR) is 110 cm³/mol. The number of fused-ring (bicyclic) bond motifs is 3. The van der Waals surface area contributed by atoms with Crippen LogP contribution in [0, 0.1) is 13.8 Å². The van der Waals surface area contributed by atoms with Crippen molar-refractivity contribution < 1.29 is 18.5 Å². The van der Waals surface area contributed by atoms with Gasteiger partial charge in [0.05, 0.1) is 11.7 Å². The Morgan fingerprint density at radius 2 is 2.07 bits per heavy atom. The van der Waals surface area contributed by atoms with Crippen molar-refractivity contribution in [2.24, 2.45) is 0 Å². The number of aromatic nitrogens is 1. The Morgan fingerprint density at radius 1 is 1.23 bits per heavy atom. The van der Waals surface area contributed by atoms with Crippen LogP contribution in [0.3, 0.4) is 0 Å². The third-order valence-electron chi connectivity index (χ3n) is 6.24. The first kappa shape index (κ1) is 18.9. The van der Waals surface area contributed by atoms with Gasteiger partial charge in [0.1, 0.15) is 11.3 Å². The van der Waals surface area contributed by atoms with E-state index in [1.54, 1.807) is 4.90 Å². The average molecular weight is 408 g/mol. The molecular weight excluding hydrogens is 384 g/mol. The number of hydrogen-bond donors (Lipinski definition) is 0. The number of benzene rings is 1. The molecule has 156 valence electrons. The number of carbonyl (C=O) groups excluding carboxylic acids is 1. The Morgan fingerprint density at radius 3 is 2.87 bits per heavy atom. The van der Waals surface area contributed by atoms with Gasteiger partial charge in [-0.05, 0) is 63.6 Å². The number of likely N-dealkylation sites (tertiary alicyclic amines) is 1. The zero-order chi connectivity index (χ0) is 20.8. The number of hydrogen-bond acceptors (Lipinski definition) is 6. The van der Waals surface area contributed by atoms with Crippen molar-refractivity contribution >= 4 is 16.9 Å². The summed E-state index contributed by atoms with van der Waals surface area (Å²) in [6.45, 7) is 4.32. The van der Waals surface area contributed by atoms with Gasteiger partial charge >= 0.3 is 5.63 Å². The van der Waals surface area contributed by atoms with E-state index in [4.69, 9.17) is 13.7 Å². The molecule has 7 heteroatoms. The summed E-state index contributed by atoms with van der Waals surface area (Å²) in [7, 11) is 0. The molecule has 3 heterocycles. The second kappa shape index (κ2) is 7.31. The fourth-order valence-corrected chi connectivity index (χ4v) is 4.74. The molecular formula is C23H24N2O5. The number of carbonyl (C=O) groups is 1. The van der Waals surface area contributed by atoms with Gasteiger partial charge in [-0.2, -0.15) is 0 Å². The van der Waals surface area contributed by atoms with E-state index in [0.717, 1.165) is 65.6 Å². The van der Waals surface area contributed by atoms with Crippen molar-refractivity contribution in [1.29, 1.82) is 0 Å². The lowest BCUT2D eigenvalue weighted by atomic mass is 10.0. The van der Waals surface area contributed by atoms with Crippen LogP contribution in [0.2, 0.25) is 0 Å². The van der Waals surface area contributed by atoms with Crippen LogP contribution in [-0.2, 0) is 17.6 Å². The molecule has 1 aromatic carbocycles. The highest BCUT2D eigenvalue weighted by molar-refractivity contribution is 5.86. The van der Waals surface area contributed by atoms with E-state index in [1.165, 1.54) is 0 Å². The highest BCUT2D eigenvalue weighted by Gasteiger charge is 2.33. The lowest BCUT2D eigenvalue weighted by Crippen LogP contribution is -2.34. The number of nitrogens with zero attached hydrogens (tertiary/aromatic N) is 2. The Hall–Kier alpha value is -3.09. The number of aryl methyl sites for hydroxylation is 3. The molecule has 2 aromatic heterocycles. The Labute approximate surface area is 173 Å². The van der Waals surface area contributed by atoms with Crippen molar-refractivity contribution in [3.8, 4) is 5.75 Å². The largest absolute Gasteiger partial charge is 0.483 e. The van der Waals surface area contributed by atoms with E-state index >= 15 is 0 Å². The Bertz CT molecular complexity index is 1190. The molecule has 0 bridgehead atoms. The van der Waals surface area contributed by atoms with Gasteiger partial charge < -0.3 is 18.6 Å². The molecule has 1 aliphatic carbocycles. The molecule has 1 fully saturated rings. The molecule has 1 unspecified atom stereocenters. The van der Waals surface area contributed by atoms with Gasteiger partial charge in [0.2, 0.25) is 0 Å². The lowest BCUT2D eigenvalue weighted by Gasteiger charge is -2.23. The van der Waals surface area contributed by atoms with Crippen LogP contribution >= 0.6 is 0 Å². The molecule has 1 saturated heterocycles. The van der Waals surface area contributed by atoms with Crippen LogP contribution in [-0.4, -0.2) is 29.1 Å². The zero-order valence-electron chi connectivity index (χ0n) is 17.2. The van der Waals surface area contributed by atoms with Gasteiger partial charge in [0, 0.05) is 29.1 Å².